The molecule has 1 heterocycles. The predicted molar refractivity (Wildman–Crippen MR) is 67.5 cm³/mol. The first kappa shape index (κ1) is 12.2. The number of rotatable bonds is 4. The number of nitrogens with one attached hydrogen (secondary N) is 1. The molecule has 1 atom stereocenters. The van der Waals surface area contributed by atoms with Gasteiger partial charge in [-0.25, -0.2) is 0 Å². The first-order chi connectivity index (χ1) is 8.11. The Kier molecular flexibility index (Phi) is 3.53. The van der Waals surface area contributed by atoms with Crippen molar-refractivity contribution in [3.8, 4) is 6.07 Å². The van der Waals surface area contributed by atoms with Crippen LogP contribution in [0.4, 0.5) is 0 Å². The molecule has 90 valence electrons. The lowest BCUT2D eigenvalue weighted by Crippen LogP contribution is -2.29. The van der Waals surface area contributed by atoms with Crippen molar-refractivity contribution < 1.29 is 4.79 Å². The van der Waals surface area contributed by atoms with E-state index >= 15 is 0 Å². The lowest BCUT2D eigenvalue weighted by molar-refractivity contribution is 0.0941. The van der Waals surface area contributed by atoms with Crippen LogP contribution in [0.25, 0.3) is 0 Å². The number of nitrogens with zero attached hydrogens (tertiary/aromatic N) is 2. The summed E-state index contributed by atoms with van der Waals surface area (Å²) < 4.78 is 2.93. The van der Waals surface area contributed by atoms with Gasteiger partial charge in [-0.05, 0) is 41.8 Å². The molecule has 1 aliphatic rings. The van der Waals surface area contributed by atoms with Gasteiger partial charge in [0, 0.05) is 23.3 Å². The molecule has 0 bridgehead atoms. The van der Waals surface area contributed by atoms with E-state index in [1.54, 1.807) is 6.92 Å². The molecule has 1 N–H and O–H groups in total. The van der Waals surface area contributed by atoms with Gasteiger partial charge >= 0.3 is 0 Å². The van der Waals surface area contributed by atoms with Crippen LogP contribution < -0.4 is 5.32 Å². The van der Waals surface area contributed by atoms with Crippen LogP contribution in [0.2, 0.25) is 0 Å². The highest BCUT2D eigenvalue weighted by Gasteiger charge is 2.27. The highest BCUT2D eigenvalue weighted by molar-refractivity contribution is 9.10. The number of carbonyl (C=O) groups is 1. The Bertz CT molecular complexity index is 471. The smallest absolute Gasteiger partial charge is 0.267 e. The fraction of sp³-hybridized carbons (Fsp3) is 0.500. The molecule has 0 saturated heterocycles. The summed E-state index contributed by atoms with van der Waals surface area (Å²) in [5.74, 6) is -0.267. The second-order valence-electron chi connectivity index (χ2n) is 4.42. The van der Waals surface area contributed by atoms with Crippen LogP contribution in [0, 0.1) is 17.2 Å². The Morgan fingerprint density at radius 1 is 1.76 bits per heavy atom. The Balaban J connectivity index is 2.06. The van der Waals surface area contributed by atoms with E-state index in [4.69, 9.17) is 5.26 Å². The largest absolute Gasteiger partial charge is 0.349 e. The molecule has 0 aromatic carbocycles. The molecule has 2 rings (SSSR count). The summed E-state index contributed by atoms with van der Waals surface area (Å²) in [6.45, 7) is 2.18. The third kappa shape index (κ3) is 2.89. The summed E-state index contributed by atoms with van der Waals surface area (Å²) >= 11 is 3.39. The quantitative estimate of drug-likeness (QED) is 0.928. The van der Waals surface area contributed by atoms with Gasteiger partial charge in [-0.2, -0.15) is 5.26 Å². The Morgan fingerprint density at radius 3 is 3.06 bits per heavy atom. The number of aromatic nitrogens is 1. The highest BCUT2D eigenvalue weighted by Crippen LogP contribution is 2.37. The first-order valence-corrected chi connectivity index (χ1v) is 6.46. The number of hydrogen-bond acceptors (Lipinski definition) is 2. The molecule has 0 aliphatic heterocycles. The maximum atomic E-state index is 12.0. The average molecular weight is 296 g/mol. The highest BCUT2D eigenvalue weighted by atomic mass is 79.9. The predicted octanol–water partition coefficient (Wildman–Crippen LogP) is 2.47. The van der Waals surface area contributed by atoms with Crippen LogP contribution in [0.3, 0.4) is 0 Å². The molecule has 1 amide bonds. The number of carbonyl (C=O) groups excluding carboxylic acids is 1. The zero-order valence-electron chi connectivity index (χ0n) is 9.61. The summed E-state index contributed by atoms with van der Waals surface area (Å²) in [5.41, 5.74) is 0.671. The van der Waals surface area contributed by atoms with E-state index in [-0.39, 0.29) is 11.8 Å². The van der Waals surface area contributed by atoms with E-state index in [0.29, 0.717) is 18.3 Å². The maximum Gasteiger partial charge on any atom is 0.267 e. The van der Waals surface area contributed by atoms with E-state index < -0.39 is 0 Å². The van der Waals surface area contributed by atoms with Gasteiger partial charge in [0.05, 0.1) is 12.0 Å². The van der Waals surface area contributed by atoms with Gasteiger partial charge in [0.15, 0.2) is 0 Å². The molecule has 1 unspecified atom stereocenters. The number of nitriles is 1. The third-order valence-corrected chi connectivity index (χ3v) is 3.21. The second kappa shape index (κ2) is 4.92. The van der Waals surface area contributed by atoms with Crippen molar-refractivity contribution in [1.29, 1.82) is 5.26 Å². The Hall–Kier alpha value is -1.28. The Labute approximate surface area is 109 Å². The number of hydrogen-bond donors (Lipinski definition) is 1. The zero-order chi connectivity index (χ0) is 12.4. The topological polar surface area (TPSA) is 57.8 Å². The molecule has 1 aromatic heterocycles. The van der Waals surface area contributed by atoms with Gasteiger partial charge < -0.3 is 9.88 Å². The van der Waals surface area contributed by atoms with Crippen LogP contribution in [-0.2, 0) is 0 Å². The zero-order valence-corrected chi connectivity index (χ0v) is 11.2. The maximum absolute atomic E-state index is 12.0. The minimum Gasteiger partial charge on any atom is -0.349 e. The van der Waals surface area contributed by atoms with Crippen molar-refractivity contribution in [3.63, 3.8) is 0 Å². The van der Waals surface area contributed by atoms with Gasteiger partial charge in [-0.3, -0.25) is 4.79 Å². The van der Waals surface area contributed by atoms with E-state index in [2.05, 4.69) is 27.3 Å². The number of halogens is 1. The number of amides is 1. The molecule has 0 radical (unpaired) electrons. The summed E-state index contributed by atoms with van der Waals surface area (Å²) in [6, 6.07) is 4.39. The fourth-order valence-electron chi connectivity index (χ4n) is 1.66. The molecule has 1 aromatic rings. The average Bonchev–Trinajstić information content (AvgIpc) is 3.09. The van der Waals surface area contributed by atoms with Crippen LogP contribution in [0.1, 0.15) is 36.3 Å². The van der Waals surface area contributed by atoms with Crippen LogP contribution >= 0.6 is 15.9 Å². The van der Waals surface area contributed by atoms with Gasteiger partial charge in [0.1, 0.15) is 5.69 Å². The third-order valence-electron chi connectivity index (χ3n) is 2.78. The van der Waals surface area contributed by atoms with Crippen molar-refractivity contribution in [2.24, 2.45) is 5.92 Å². The standard InChI is InChI=1S/C12H14BrN3O/c1-8(5-14)6-15-12(17)11-4-9(13)7-16(11)10-2-3-10/h4,7-8,10H,2-3,6H2,1H3,(H,15,17). The fourth-order valence-corrected chi connectivity index (χ4v) is 2.10. The SMILES string of the molecule is CC(C#N)CNC(=O)c1cc(Br)cn1C1CC1. The molecule has 0 spiro atoms. The van der Waals surface area contributed by atoms with Crippen LogP contribution in [0.15, 0.2) is 16.7 Å². The van der Waals surface area contributed by atoms with Crippen LogP contribution in [0.5, 0.6) is 0 Å². The van der Waals surface area contributed by atoms with E-state index in [9.17, 15) is 4.79 Å². The monoisotopic (exact) mass is 295 g/mol. The summed E-state index contributed by atoms with van der Waals surface area (Å²) in [5, 5.41) is 11.4. The lowest BCUT2D eigenvalue weighted by atomic mass is 10.2. The Morgan fingerprint density at radius 2 is 2.47 bits per heavy atom. The minimum absolute atomic E-state index is 0.107. The van der Waals surface area contributed by atoms with Crippen molar-refractivity contribution >= 4 is 21.8 Å². The second-order valence-corrected chi connectivity index (χ2v) is 5.34. The summed E-state index contributed by atoms with van der Waals surface area (Å²) in [6.07, 6.45) is 4.21. The molecular weight excluding hydrogens is 282 g/mol. The van der Waals surface area contributed by atoms with Gasteiger partial charge in [-0.15, -0.1) is 0 Å². The molecule has 5 heteroatoms. The van der Waals surface area contributed by atoms with Gasteiger partial charge in [-0.1, -0.05) is 0 Å². The van der Waals surface area contributed by atoms with Gasteiger partial charge in [0.2, 0.25) is 0 Å². The van der Waals surface area contributed by atoms with E-state index in [1.165, 1.54) is 0 Å². The summed E-state index contributed by atoms with van der Waals surface area (Å²) in [4.78, 5) is 12.0. The van der Waals surface area contributed by atoms with E-state index in [0.717, 1.165) is 17.3 Å². The molecule has 1 aliphatic carbocycles. The lowest BCUT2D eigenvalue weighted by Gasteiger charge is -2.09. The molecule has 4 nitrogen and oxygen atoms in total. The first-order valence-electron chi connectivity index (χ1n) is 5.67. The summed E-state index contributed by atoms with van der Waals surface area (Å²) in [7, 11) is 0. The van der Waals surface area contributed by atoms with E-state index in [1.807, 2.05) is 16.8 Å². The molecule has 1 fully saturated rings. The molecule has 1 saturated carbocycles. The van der Waals surface area contributed by atoms with Crippen molar-refractivity contribution in [2.45, 2.75) is 25.8 Å². The van der Waals surface area contributed by atoms with Crippen LogP contribution in [-0.4, -0.2) is 17.0 Å². The van der Waals surface area contributed by atoms with Crippen molar-refractivity contribution in [2.75, 3.05) is 6.54 Å². The van der Waals surface area contributed by atoms with Gasteiger partial charge in [0.25, 0.3) is 5.91 Å². The van der Waals surface area contributed by atoms with Crippen molar-refractivity contribution in [1.82, 2.24) is 9.88 Å². The van der Waals surface area contributed by atoms with Crippen molar-refractivity contribution in [3.05, 3.63) is 22.4 Å². The minimum atomic E-state index is -0.160. The normalized spacial score (nSPS) is 16.3. The molecule has 17 heavy (non-hydrogen) atoms. The molecular formula is C12H14BrN3O.